The lowest BCUT2D eigenvalue weighted by atomic mass is 10.1. The van der Waals surface area contributed by atoms with Gasteiger partial charge in [0.25, 0.3) is 0 Å². The van der Waals surface area contributed by atoms with Crippen LogP contribution >= 0.6 is 0 Å². The normalized spacial score (nSPS) is 19.1. The molecule has 1 atom stereocenters. The first-order chi connectivity index (χ1) is 8.31. The second-order valence-corrected chi connectivity index (χ2v) is 3.83. The van der Waals surface area contributed by atoms with Crippen molar-refractivity contribution in [3.05, 3.63) is 0 Å². The summed E-state index contributed by atoms with van der Waals surface area (Å²) in [6, 6.07) is 0.300. The van der Waals surface area contributed by atoms with Crippen molar-refractivity contribution in [1.29, 1.82) is 0 Å². The molecule has 0 spiro atoms. The third kappa shape index (κ3) is 3.16. The van der Waals surface area contributed by atoms with Crippen molar-refractivity contribution in [2.75, 3.05) is 44.5 Å². The molecule has 7 heteroatoms. The number of aromatic nitrogens is 3. The number of nitrogens with zero attached hydrogens (tertiary/aromatic N) is 3. The third-order valence-electron chi connectivity index (χ3n) is 2.59. The topological polar surface area (TPSA) is 81.2 Å². The average molecular weight is 239 g/mol. The molecule has 17 heavy (non-hydrogen) atoms. The Hall–Kier alpha value is -1.63. The van der Waals surface area contributed by atoms with Crippen LogP contribution in [0, 0.1) is 5.92 Å². The van der Waals surface area contributed by atoms with E-state index in [4.69, 9.17) is 9.47 Å². The Morgan fingerprint density at radius 2 is 2.18 bits per heavy atom. The molecule has 0 bridgehead atoms. The molecule has 7 nitrogen and oxygen atoms in total. The van der Waals surface area contributed by atoms with E-state index in [1.165, 1.54) is 7.11 Å². The van der Waals surface area contributed by atoms with Crippen LogP contribution in [-0.2, 0) is 4.74 Å². The fourth-order valence-corrected chi connectivity index (χ4v) is 1.62. The van der Waals surface area contributed by atoms with Crippen LogP contribution in [0.1, 0.15) is 6.42 Å². The number of rotatable bonds is 5. The van der Waals surface area contributed by atoms with Crippen LogP contribution in [0.15, 0.2) is 0 Å². The van der Waals surface area contributed by atoms with Crippen LogP contribution in [0.2, 0.25) is 0 Å². The van der Waals surface area contributed by atoms with E-state index in [2.05, 4.69) is 25.6 Å². The first-order valence-corrected chi connectivity index (χ1v) is 5.61. The standard InChI is InChI=1S/C10H17N5O2/c1-11-8-13-9(15-10(14-8)16-2)12-5-7-3-4-17-6-7/h7H,3-6H2,1-2H3,(H2,11,12,13,14,15). The van der Waals surface area contributed by atoms with Gasteiger partial charge in [0.15, 0.2) is 0 Å². The summed E-state index contributed by atoms with van der Waals surface area (Å²) in [5.41, 5.74) is 0. The molecule has 1 unspecified atom stereocenters. The smallest absolute Gasteiger partial charge is 0.322 e. The largest absolute Gasteiger partial charge is 0.467 e. The number of hydrogen-bond donors (Lipinski definition) is 2. The first-order valence-electron chi connectivity index (χ1n) is 5.61. The van der Waals surface area contributed by atoms with E-state index >= 15 is 0 Å². The molecule has 1 saturated heterocycles. The summed E-state index contributed by atoms with van der Waals surface area (Å²) < 4.78 is 10.3. The van der Waals surface area contributed by atoms with Crippen molar-refractivity contribution in [3.63, 3.8) is 0 Å². The maximum atomic E-state index is 5.31. The zero-order valence-corrected chi connectivity index (χ0v) is 10.1. The minimum absolute atomic E-state index is 0.300. The Labute approximate surface area is 100.0 Å². The van der Waals surface area contributed by atoms with Gasteiger partial charge in [-0.15, -0.1) is 0 Å². The van der Waals surface area contributed by atoms with E-state index in [0.717, 1.165) is 26.2 Å². The van der Waals surface area contributed by atoms with Crippen LogP contribution < -0.4 is 15.4 Å². The first kappa shape index (κ1) is 11.8. The Balaban J connectivity index is 1.98. The third-order valence-corrected chi connectivity index (χ3v) is 2.59. The molecule has 0 aliphatic carbocycles. The molecule has 0 aromatic carbocycles. The van der Waals surface area contributed by atoms with Gasteiger partial charge >= 0.3 is 6.01 Å². The van der Waals surface area contributed by atoms with Gasteiger partial charge in [0.05, 0.1) is 13.7 Å². The maximum absolute atomic E-state index is 5.31. The van der Waals surface area contributed by atoms with Crippen LogP contribution in [0.5, 0.6) is 6.01 Å². The van der Waals surface area contributed by atoms with Crippen molar-refractivity contribution in [1.82, 2.24) is 15.0 Å². The molecule has 0 radical (unpaired) electrons. The number of hydrogen-bond acceptors (Lipinski definition) is 7. The molecule has 1 aliphatic heterocycles. The molecule has 0 amide bonds. The summed E-state index contributed by atoms with van der Waals surface area (Å²) in [5.74, 6) is 1.53. The van der Waals surface area contributed by atoms with E-state index in [1.807, 2.05) is 0 Å². The Morgan fingerprint density at radius 1 is 1.35 bits per heavy atom. The van der Waals surface area contributed by atoms with Crippen LogP contribution in [-0.4, -0.2) is 48.9 Å². The highest BCUT2D eigenvalue weighted by Crippen LogP contribution is 2.14. The van der Waals surface area contributed by atoms with Gasteiger partial charge in [0, 0.05) is 26.1 Å². The molecule has 2 heterocycles. The lowest BCUT2D eigenvalue weighted by Crippen LogP contribution is -2.16. The van der Waals surface area contributed by atoms with Gasteiger partial charge in [0.1, 0.15) is 0 Å². The highest BCUT2D eigenvalue weighted by atomic mass is 16.5. The van der Waals surface area contributed by atoms with Crippen LogP contribution in [0.3, 0.4) is 0 Å². The fraction of sp³-hybridized carbons (Fsp3) is 0.700. The lowest BCUT2D eigenvalue weighted by molar-refractivity contribution is 0.187. The molecule has 2 N–H and O–H groups in total. The quantitative estimate of drug-likeness (QED) is 0.768. The van der Waals surface area contributed by atoms with Crippen molar-refractivity contribution in [3.8, 4) is 6.01 Å². The minimum atomic E-state index is 0.300. The van der Waals surface area contributed by atoms with Crippen molar-refractivity contribution < 1.29 is 9.47 Å². The molecular formula is C10H17N5O2. The van der Waals surface area contributed by atoms with Gasteiger partial charge < -0.3 is 20.1 Å². The number of methoxy groups -OCH3 is 1. The van der Waals surface area contributed by atoms with Gasteiger partial charge in [-0.25, -0.2) is 0 Å². The zero-order chi connectivity index (χ0) is 12.1. The van der Waals surface area contributed by atoms with Gasteiger partial charge in [-0.2, -0.15) is 15.0 Å². The number of ether oxygens (including phenoxy) is 2. The Morgan fingerprint density at radius 3 is 2.82 bits per heavy atom. The highest BCUT2D eigenvalue weighted by Gasteiger charge is 2.16. The summed E-state index contributed by atoms with van der Waals surface area (Å²) in [6.45, 7) is 2.44. The van der Waals surface area contributed by atoms with E-state index in [9.17, 15) is 0 Å². The fourth-order valence-electron chi connectivity index (χ4n) is 1.62. The average Bonchev–Trinajstić information content (AvgIpc) is 2.89. The Bertz CT molecular complexity index is 345. The molecule has 1 aromatic rings. The molecule has 2 rings (SSSR count). The van der Waals surface area contributed by atoms with Gasteiger partial charge in [-0.1, -0.05) is 0 Å². The summed E-state index contributed by atoms with van der Waals surface area (Å²) in [7, 11) is 3.28. The second kappa shape index (κ2) is 5.62. The minimum Gasteiger partial charge on any atom is -0.467 e. The Kier molecular flexibility index (Phi) is 3.92. The van der Waals surface area contributed by atoms with E-state index in [1.54, 1.807) is 7.05 Å². The highest BCUT2D eigenvalue weighted by molar-refractivity contribution is 5.35. The van der Waals surface area contributed by atoms with Crippen LogP contribution in [0.4, 0.5) is 11.9 Å². The SMILES string of the molecule is CNc1nc(NCC2CCOC2)nc(OC)n1. The summed E-state index contributed by atoms with van der Waals surface area (Å²) in [4.78, 5) is 12.3. The predicted molar refractivity (Wildman–Crippen MR) is 63.3 cm³/mol. The summed E-state index contributed by atoms with van der Waals surface area (Å²) >= 11 is 0. The van der Waals surface area contributed by atoms with Crippen LogP contribution in [0.25, 0.3) is 0 Å². The van der Waals surface area contributed by atoms with Gasteiger partial charge in [-0.3, -0.25) is 0 Å². The van der Waals surface area contributed by atoms with Gasteiger partial charge in [-0.05, 0) is 6.42 Å². The molecule has 1 aromatic heterocycles. The molecular weight excluding hydrogens is 222 g/mol. The second-order valence-electron chi connectivity index (χ2n) is 3.83. The molecule has 1 fully saturated rings. The van der Waals surface area contributed by atoms with Crippen molar-refractivity contribution >= 4 is 11.9 Å². The van der Waals surface area contributed by atoms with E-state index < -0.39 is 0 Å². The molecule has 1 aliphatic rings. The van der Waals surface area contributed by atoms with Gasteiger partial charge in [0.2, 0.25) is 11.9 Å². The van der Waals surface area contributed by atoms with E-state index in [0.29, 0.717) is 23.8 Å². The predicted octanol–water partition coefficient (Wildman–Crippen LogP) is 0.370. The monoisotopic (exact) mass is 239 g/mol. The molecule has 0 saturated carbocycles. The van der Waals surface area contributed by atoms with Crippen molar-refractivity contribution in [2.24, 2.45) is 5.92 Å². The number of anilines is 2. The number of nitrogens with one attached hydrogen (secondary N) is 2. The summed E-state index contributed by atoms with van der Waals surface area (Å²) in [5, 5.41) is 6.04. The maximum Gasteiger partial charge on any atom is 0.322 e. The van der Waals surface area contributed by atoms with Crippen molar-refractivity contribution in [2.45, 2.75) is 6.42 Å². The summed E-state index contributed by atoms with van der Waals surface area (Å²) in [6.07, 6.45) is 1.08. The zero-order valence-electron chi connectivity index (χ0n) is 10.1. The molecule has 94 valence electrons. The van der Waals surface area contributed by atoms with E-state index in [-0.39, 0.29) is 0 Å². The lowest BCUT2D eigenvalue weighted by Gasteiger charge is -2.10.